The van der Waals surface area contributed by atoms with E-state index in [0.717, 1.165) is 10.0 Å². The number of amides is 1. The van der Waals surface area contributed by atoms with Crippen molar-refractivity contribution in [3.05, 3.63) is 33.8 Å². The molecule has 1 aliphatic carbocycles. The number of esters is 1. The number of sulfonamides is 1. The lowest BCUT2D eigenvalue weighted by Gasteiger charge is -2.55. The highest BCUT2D eigenvalue weighted by molar-refractivity contribution is 9.10. The fourth-order valence-corrected chi connectivity index (χ4v) is 9.60. The lowest BCUT2D eigenvalue weighted by atomic mass is 9.65. The normalized spacial score (nSPS) is 21.7. The van der Waals surface area contributed by atoms with Crippen molar-refractivity contribution in [2.45, 2.75) is 64.0 Å². The summed E-state index contributed by atoms with van der Waals surface area (Å²) in [5, 5.41) is 0. The van der Waals surface area contributed by atoms with Crippen LogP contribution in [-0.2, 0) is 36.3 Å². The van der Waals surface area contributed by atoms with Gasteiger partial charge in [-0.15, -0.1) is 0 Å². The molecule has 1 aromatic rings. The minimum Gasteiger partial charge on any atom is -0.467 e. The summed E-state index contributed by atoms with van der Waals surface area (Å²) < 4.78 is 41.0. The first-order valence-corrected chi connectivity index (χ1v) is 17.5. The third kappa shape index (κ3) is 5.22. The second kappa shape index (κ2) is 8.90. The molecule has 1 fully saturated rings. The minimum absolute atomic E-state index is 0.0728. The Labute approximate surface area is 211 Å². The summed E-state index contributed by atoms with van der Waals surface area (Å²) in [6, 6.07) is 6.09. The molecule has 3 rings (SSSR count). The number of nitrogens with one attached hydrogen (secondary N) is 1. The molecule has 1 aromatic carbocycles. The van der Waals surface area contributed by atoms with Crippen LogP contribution in [-0.4, -0.2) is 65.0 Å². The van der Waals surface area contributed by atoms with E-state index in [1.165, 1.54) is 12.0 Å². The Morgan fingerprint density at radius 2 is 1.82 bits per heavy atom. The highest BCUT2D eigenvalue weighted by Gasteiger charge is 2.70. The van der Waals surface area contributed by atoms with Crippen LogP contribution in [0.2, 0.25) is 25.7 Å². The van der Waals surface area contributed by atoms with Crippen LogP contribution in [0.3, 0.4) is 0 Å². The Kier molecular flexibility index (Phi) is 7.11. The molecule has 0 radical (unpaired) electrons. The number of ether oxygens (including phenoxy) is 2. The van der Waals surface area contributed by atoms with E-state index in [1.54, 1.807) is 26.8 Å². The van der Waals surface area contributed by atoms with Gasteiger partial charge in [-0.1, -0.05) is 41.6 Å². The largest absolute Gasteiger partial charge is 0.467 e. The Balaban J connectivity index is 2.06. The summed E-state index contributed by atoms with van der Waals surface area (Å²) in [5.74, 6) is -0.749. The molecule has 1 unspecified atom stereocenters. The summed E-state index contributed by atoms with van der Waals surface area (Å²) in [6.45, 7) is 12.0. The number of methoxy groups -OCH3 is 1. The number of carbonyl (C=O) groups excluding carboxylic acids is 2. The molecule has 1 saturated heterocycles. The monoisotopic (exact) mass is 574 g/mol. The molecule has 2 aliphatic rings. The van der Waals surface area contributed by atoms with Crippen molar-refractivity contribution >= 4 is 46.1 Å². The van der Waals surface area contributed by atoms with Gasteiger partial charge in [0.15, 0.2) is 5.54 Å². The number of hydrogen-bond acceptors (Lipinski definition) is 6. The molecule has 1 amide bonds. The number of likely N-dealkylation sites (tertiary alicyclic amines) is 1. The highest BCUT2D eigenvalue weighted by atomic mass is 79.9. The number of benzene rings is 1. The van der Waals surface area contributed by atoms with Gasteiger partial charge in [-0.2, -0.15) is 4.72 Å². The Morgan fingerprint density at radius 3 is 2.35 bits per heavy atom. The summed E-state index contributed by atoms with van der Waals surface area (Å²) in [5.41, 5.74) is -1.77. The predicted octanol–water partition coefficient (Wildman–Crippen LogP) is 3.87. The summed E-state index contributed by atoms with van der Waals surface area (Å²) in [4.78, 5) is 27.7. The second-order valence-corrected chi connectivity index (χ2v) is 19.9. The Hall–Kier alpha value is -1.43. The van der Waals surface area contributed by atoms with Crippen molar-refractivity contribution in [1.82, 2.24) is 9.62 Å². The van der Waals surface area contributed by atoms with Crippen LogP contribution in [0.25, 0.3) is 0 Å². The van der Waals surface area contributed by atoms with E-state index in [4.69, 9.17) is 9.47 Å². The molecular weight excluding hydrogens is 540 g/mol. The zero-order chi connectivity index (χ0) is 25.7. The molecule has 0 aromatic heterocycles. The van der Waals surface area contributed by atoms with Gasteiger partial charge in [0.25, 0.3) is 0 Å². The third-order valence-corrected chi connectivity index (χ3v) is 10.3. The smallest absolute Gasteiger partial charge is 0.410 e. The van der Waals surface area contributed by atoms with E-state index >= 15 is 0 Å². The maximum Gasteiger partial charge on any atom is 0.410 e. The average molecular weight is 576 g/mol. The van der Waals surface area contributed by atoms with Crippen molar-refractivity contribution in [1.29, 1.82) is 0 Å². The minimum atomic E-state index is -3.85. The molecule has 1 N–H and O–H groups in total. The number of nitrogens with zero attached hydrogens (tertiary/aromatic N) is 1. The van der Waals surface area contributed by atoms with Crippen LogP contribution in [0.15, 0.2) is 22.7 Å². The number of rotatable bonds is 6. The zero-order valence-corrected chi connectivity index (χ0v) is 24.4. The van der Waals surface area contributed by atoms with Crippen molar-refractivity contribution in [3.63, 3.8) is 0 Å². The van der Waals surface area contributed by atoms with Gasteiger partial charge in [0.05, 0.1) is 12.9 Å². The Bertz CT molecular complexity index is 1090. The molecule has 0 saturated carbocycles. The van der Waals surface area contributed by atoms with Crippen molar-refractivity contribution < 1.29 is 27.5 Å². The van der Waals surface area contributed by atoms with Gasteiger partial charge in [0.2, 0.25) is 10.0 Å². The molecule has 190 valence electrons. The van der Waals surface area contributed by atoms with Crippen molar-refractivity contribution in [3.8, 4) is 0 Å². The standard InChI is InChI=1S/C23H35BrN2O6SSi/c1-21(2,3)32-20(28)26-14-22(15-26)13-16-8-9-17(24)12-18(16)23(22,19(27)31-4)25-33(29,30)10-11-34(5,6)7/h8-9,12,25H,10-11,13-15H2,1-7H3. The molecule has 1 spiro atoms. The number of hydrogen-bond donors (Lipinski definition) is 1. The SMILES string of the molecule is COC(=O)C1(NS(=O)(=O)CC[Si](C)(C)C)c2cc(Br)ccc2CC12CN(C(=O)OC(C)(C)C)C2. The van der Waals surface area contributed by atoms with E-state index < -0.39 is 46.7 Å². The molecule has 8 nitrogen and oxygen atoms in total. The van der Waals surface area contributed by atoms with Gasteiger partial charge in [-0.25, -0.2) is 18.0 Å². The van der Waals surface area contributed by atoms with Crippen LogP contribution in [0.5, 0.6) is 0 Å². The van der Waals surface area contributed by atoms with Crippen LogP contribution in [0, 0.1) is 5.41 Å². The number of halogens is 1. The number of carbonyl (C=O) groups is 2. The first-order valence-electron chi connectivity index (χ1n) is 11.3. The zero-order valence-electron chi connectivity index (χ0n) is 21.0. The second-order valence-electron chi connectivity index (χ2n) is 11.6. The van der Waals surface area contributed by atoms with Gasteiger partial charge < -0.3 is 14.4 Å². The molecular formula is C23H35BrN2O6SSi. The fourth-order valence-electron chi connectivity index (χ4n) is 4.73. The van der Waals surface area contributed by atoms with E-state index in [0.29, 0.717) is 18.0 Å². The van der Waals surface area contributed by atoms with Crippen LogP contribution in [0.1, 0.15) is 31.9 Å². The fraction of sp³-hybridized carbons (Fsp3) is 0.652. The first kappa shape index (κ1) is 27.2. The lowest BCUT2D eigenvalue weighted by molar-refractivity contribution is -0.162. The highest BCUT2D eigenvalue weighted by Crippen LogP contribution is 2.57. The van der Waals surface area contributed by atoms with E-state index in [-0.39, 0.29) is 18.8 Å². The average Bonchev–Trinajstić information content (AvgIpc) is 2.93. The van der Waals surface area contributed by atoms with Gasteiger partial charge >= 0.3 is 12.1 Å². The summed E-state index contributed by atoms with van der Waals surface area (Å²) >= 11 is 3.46. The van der Waals surface area contributed by atoms with Gasteiger partial charge in [0.1, 0.15) is 5.60 Å². The van der Waals surface area contributed by atoms with Crippen LogP contribution >= 0.6 is 15.9 Å². The first-order chi connectivity index (χ1) is 15.4. The third-order valence-electron chi connectivity index (χ3n) is 6.36. The topological polar surface area (TPSA) is 102 Å². The van der Waals surface area contributed by atoms with Crippen LogP contribution in [0.4, 0.5) is 4.79 Å². The summed E-state index contributed by atoms with van der Waals surface area (Å²) in [6.07, 6.45) is -0.0591. The summed E-state index contributed by atoms with van der Waals surface area (Å²) in [7, 11) is -4.24. The van der Waals surface area contributed by atoms with Crippen molar-refractivity contribution in [2.24, 2.45) is 5.41 Å². The van der Waals surface area contributed by atoms with E-state index in [9.17, 15) is 18.0 Å². The molecule has 0 bridgehead atoms. The quantitative estimate of drug-likeness (QED) is 0.408. The molecule has 1 aliphatic heterocycles. The Morgan fingerprint density at radius 1 is 1.21 bits per heavy atom. The maximum absolute atomic E-state index is 13.5. The van der Waals surface area contributed by atoms with Crippen molar-refractivity contribution in [2.75, 3.05) is 26.0 Å². The van der Waals surface area contributed by atoms with E-state index in [1.807, 2.05) is 12.1 Å². The predicted molar refractivity (Wildman–Crippen MR) is 137 cm³/mol. The van der Waals surface area contributed by atoms with Crippen LogP contribution < -0.4 is 4.72 Å². The van der Waals surface area contributed by atoms with E-state index in [2.05, 4.69) is 40.3 Å². The molecule has 1 atom stereocenters. The van der Waals surface area contributed by atoms with Gasteiger partial charge in [0, 0.05) is 31.1 Å². The number of fused-ring (bicyclic) bond motifs is 1. The molecule has 34 heavy (non-hydrogen) atoms. The molecule has 1 heterocycles. The van der Waals surface area contributed by atoms with Gasteiger partial charge in [-0.05, 0) is 56.5 Å². The maximum atomic E-state index is 13.5. The van der Waals surface area contributed by atoms with Gasteiger partial charge in [-0.3, -0.25) is 0 Å². The molecule has 11 heteroatoms. The lowest BCUT2D eigenvalue weighted by Crippen LogP contribution is -2.73.